The smallest absolute Gasteiger partial charge is 0.328 e. The molecule has 0 spiro atoms. The second-order valence-corrected chi connectivity index (χ2v) is 10.6. The predicted octanol–water partition coefficient (Wildman–Crippen LogP) is -0.141. The van der Waals surface area contributed by atoms with E-state index in [2.05, 4.69) is 5.32 Å². The van der Waals surface area contributed by atoms with Crippen molar-refractivity contribution < 1.29 is 49.4 Å². The van der Waals surface area contributed by atoms with Gasteiger partial charge in [-0.05, 0) is 45.5 Å². The van der Waals surface area contributed by atoms with Crippen molar-refractivity contribution in [1.82, 2.24) is 4.90 Å². The number of fused-ring (bicyclic) bond motifs is 3. The van der Waals surface area contributed by atoms with Gasteiger partial charge in [0.05, 0.1) is 35.9 Å². The van der Waals surface area contributed by atoms with Crippen LogP contribution in [-0.4, -0.2) is 98.4 Å². The maximum absolute atomic E-state index is 14.0. The number of nitrogens with zero attached hydrogens (tertiary/aromatic N) is 1. The van der Waals surface area contributed by atoms with E-state index in [0.29, 0.717) is 5.56 Å². The quantitative estimate of drug-likeness (QED) is 0.138. The molecule has 0 saturated heterocycles. The summed E-state index contributed by atoms with van der Waals surface area (Å²) in [5.74, 6) is -10.3. The predicted molar refractivity (Wildman–Crippen MR) is 140 cm³/mol. The molecule has 3 aliphatic rings. The Morgan fingerprint density at radius 1 is 1.20 bits per heavy atom. The van der Waals surface area contributed by atoms with Crippen molar-refractivity contribution in [2.75, 3.05) is 26.0 Å². The summed E-state index contributed by atoms with van der Waals surface area (Å²) < 4.78 is 4.96. The maximum atomic E-state index is 14.0. The molecule has 13 nitrogen and oxygen atoms in total. The number of esters is 1. The Balaban J connectivity index is 1.93. The summed E-state index contributed by atoms with van der Waals surface area (Å²) in [6, 6.07) is 0.697. The maximum Gasteiger partial charge on any atom is 0.328 e. The normalized spacial score (nSPS) is 30.4. The Morgan fingerprint density at radius 3 is 2.38 bits per heavy atom. The zero-order valence-electron chi connectivity index (χ0n) is 22.6. The van der Waals surface area contributed by atoms with Crippen molar-refractivity contribution in [3.8, 4) is 5.75 Å². The highest BCUT2D eigenvalue weighted by molar-refractivity contribution is 6.24. The van der Waals surface area contributed by atoms with E-state index in [-0.39, 0.29) is 17.9 Å². The highest BCUT2D eigenvalue weighted by Crippen LogP contribution is 2.56. The fourth-order valence-electron chi connectivity index (χ4n) is 6.29. The summed E-state index contributed by atoms with van der Waals surface area (Å²) in [5, 5.41) is 59.6. The van der Waals surface area contributed by atoms with Crippen LogP contribution in [0.5, 0.6) is 5.75 Å². The molecule has 1 aromatic rings. The number of phenols is 1. The van der Waals surface area contributed by atoms with Crippen LogP contribution >= 0.6 is 0 Å². The van der Waals surface area contributed by atoms with Gasteiger partial charge < -0.3 is 41.3 Å². The molecule has 1 aromatic carbocycles. The van der Waals surface area contributed by atoms with Crippen molar-refractivity contribution >= 4 is 34.9 Å². The number of carbonyl (C=O) groups is 4. The number of phenolic OH excluding ortho intramolecular Hbond substituents is 1. The SMILES string of the molecule is CCOC(=O)C(C)Nc1ccc2c(c1O)C(O)=C1C(=O)[C@]3(O)C(O)=C(C(N)=O)C(=O)[C@@H](N(C)C)[C@@H]3[C@@H](O)[C@@H]1[C@H]2C. The number of aromatic hydroxyl groups is 1. The minimum atomic E-state index is -2.99. The molecule has 1 amide bonds. The van der Waals surface area contributed by atoms with Crippen LogP contribution in [-0.2, 0) is 23.9 Å². The van der Waals surface area contributed by atoms with Crippen molar-refractivity contribution in [2.45, 2.75) is 50.5 Å². The number of likely N-dealkylation sites (N-methyl/N-ethyl adjacent to an activating group) is 1. The lowest BCUT2D eigenvalue weighted by molar-refractivity contribution is -0.169. The van der Waals surface area contributed by atoms with E-state index in [9.17, 15) is 44.7 Å². The van der Waals surface area contributed by atoms with Gasteiger partial charge in [0.25, 0.3) is 5.91 Å². The Morgan fingerprint density at radius 2 is 1.82 bits per heavy atom. The number of primary amides is 1. The van der Waals surface area contributed by atoms with Crippen molar-refractivity contribution in [2.24, 2.45) is 17.6 Å². The average Bonchev–Trinajstić information content (AvgIpc) is 2.87. The molecule has 0 aliphatic heterocycles. The lowest BCUT2D eigenvalue weighted by atomic mass is 9.54. The third-order valence-corrected chi connectivity index (χ3v) is 8.14. The Hall–Kier alpha value is -3.94. The molecule has 1 fully saturated rings. The van der Waals surface area contributed by atoms with Crippen LogP contribution in [0.1, 0.15) is 37.8 Å². The van der Waals surface area contributed by atoms with Gasteiger partial charge >= 0.3 is 5.97 Å². The zero-order chi connectivity index (χ0) is 30.0. The summed E-state index contributed by atoms with van der Waals surface area (Å²) in [4.78, 5) is 52.7. The van der Waals surface area contributed by atoms with E-state index in [1.807, 2.05) is 0 Å². The number of ketones is 2. The van der Waals surface area contributed by atoms with E-state index in [1.54, 1.807) is 19.9 Å². The van der Waals surface area contributed by atoms with Gasteiger partial charge in [0.2, 0.25) is 5.78 Å². The lowest BCUT2D eigenvalue weighted by Crippen LogP contribution is -2.70. The zero-order valence-corrected chi connectivity index (χ0v) is 22.6. The third kappa shape index (κ3) is 3.87. The van der Waals surface area contributed by atoms with Crippen LogP contribution in [0.15, 0.2) is 29.0 Å². The van der Waals surface area contributed by atoms with Gasteiger partial charge in [-0.2, -0.15) is 0 Å². The number of anilines is 1. The number of hydrogen-bond donors (Lipinski definition) is 7. The molecule has 4 rings (SSSR count). The fourth-order valence-corrected chi connectivity index (χ4v) is 6.29. The third-order valence-electron chi connectivity index (χ3n) is 8.14. The fraction of sp³-hybridized carbons (Fsp3) is 0.481. The van der Waals surface area contributed by atoms with Crippen molar-refractivity contribution in [1.29, 1.82) is 0 Å². The van der Waals surface area contributed by atoms with Gasteiger partial charge in [-0.25, -0.2) is 4.79 Å². The standard InChI is InChI=1S/C27H33N3O10/c1-6-40-26(38)10(3)29-12-8-7-11-9(2)13-15(20(32)14(11)19(12)31)23(35)27(39)17(21(13)33)18(30(4)5)22(34)16(24(27)36)25(28)37/h7-10,13,17-18,21,29,31-33,36,39H,6H2,1-5H3,(H2,28,37)/t9-,10?,13+,17+,18-,21-,27-/m0/s1. The highest BCUT2D eigenvalue weighted by Gasteiger charge is 2.68. The van der Waals surface area contributed by atoms with Crippen LogP contribution in [0, 0.1) is 11.8 Å². The van der Waals surface area contributed by atoms with Crippen LogP contribution in [0.2, 0.25) is 0 Å². The monoisotopic (exact) mass is 559 g/mol. The largest absolute Gasteiger partial charge is 0.508 e. The molecular weight excluding hydrogens is 526 g/mol. The molecule has 0 radical (unpaired) electrons. The molecule has 216 valence electrons. The van der Waals surface area contributed by atoms with Crippen LogP contribution in [0.3, 0.4) is 0 Å². The number of hydrogen-bond acceptors (Lipinski definition) is 12. The molecule has 40 heavy (non-hydrogen) atoms. The van der Waals surface area contributed by atoms with E-state index >= 15 is 0 Å². The first kappa shape index (κ1) is 29.1. The minimum absolute atomic E-state index is 0.0344. The Bertz CT molecular complexity index is 1380. The molecule has 3 aliphatic carbocycles. The first-order valence-electron chi connectivity index (χ1n) is 12.7. The Labute approximate surface area is 229 Å². The van der Waals surface area contributed by atoms with E-state index in [0.717, 1.165) is 0 Å². The summed E-state index contributed by atoms with van der Waals surface area (Å²) >= 11 is 0. The minimum Gasteiger partial charge on any atom is -0.508 e. The van der Waals surface area contributed by atoms with Crippen LogP contribution < -0.4 is 11.1 Å². The molecule has 0 heterocycles. The highest BCUT2D eigenvalue weighted by atomic mass is 16.5. The van der Waals surface area contributed by atoms with Crippen molar-refractivity contribution in [3.63, 3.8) is 0 Å². The molecule has 0 aromatic heterocycles. The van der Waals surface area contributed by atoms with E-state index in [4.69, 9.17) is 10.5 Å². The molecule has 0 bridgehead atoms. The van der Waals surface area contributed by atoms with E-state index in [1.165, 1.54) is 32.0 Å². The van der Waals surface area contributed by atoms with Crippen LogP contribution in [0.25, 0.3) is 5.76 Å². The van der Waals surface area contributed by atoms with Gasteiger partial charge in [0, 0.05) is 11.5 Å². The number of rotatable bonds is 6. The van der Waals surface area contributed by atoms with E-state index < -0.39 is 93.4 Å². The Kier molecular flexibility index (Phi) is 7.20. The second-order valence-electron chi connectivity index (χ2n) is 10.6. The number of Topliss-reactive ketones (excluding diaryl/α,β-unsaturated/α-hetero) is 2. The number of aliphatic hydroxyl groups is 4. The number of aliphatic hydroxyl groups excluding tert-OH is 3. The van der Waals surface area contributed by atoms with Gasteiger partial charge in [0.1, 0.15) is 28.9 Å². The van der Waals surface area contributed by atoms with Gasteiger partial charge in [-0.1, -0.05) is 13.0 Å². The van der Waals surface area contributed by atoms with Crippen molar-refractivity contribution in [3.05, 3.63) is 40.2 Å². The van der Waals surface area contributed by atoms with Gasteiger partial charge in [-0.15, -0.1) is 0 Å². The number of ether oxygens (including phenoxy) is 1. The van der Waals surface area contributed by atoms with Gasteiger partial charge in [-0.3, -0.25) is 19.3 Å². The number of benzene rings is 1. The average molecular weight is 560 g/mol. The number of nitrogens with one attached hydrogen (secondary N) is 1. The summed E-state index contributed by atoms with van der Waals surface area (Å²) in [7, 11) is 2.88. The first-order chi connectivity index (χ1) is 18.6. The number of carbonyl (C=O) groups excluding carboxylic acids is 4. The summed E-state index contributed by atoms with van der Waals surface area (Å²) in [6.45, 7) is 4.91. The molecule has 8 N–H and O–H groups in total. The molecule has 1 unspecified atom stereocenters. The summed E-state index contributed by atoms with van der Waals surface area (Å²) in [5.41, 5.74) is 1.04. The van der Waals surface area contributed by atoms with Crippen LogP contribution in [0.4, 0.5) is 5.69 Å². The molecule has 7 atom stereocenters. The molecule has 13 heteroatoms. The summed E-state index contributed by atoms with van der Waals surface area (Å²) in [6.07, 6.45) is -1.68. The second kappa shape index (κ2) is 9.91. The molecule has 1 saturated carbocycles. The number of amides is 1. The first-order valence-corrected chi connectivity index (χ1v) is 12.7. The van der Waals surface area contributed by atoms with Gasteiger partial charge in [0.15, 0.2) is 11.4 Å². The topological polar surface area (TPSA) is 220 Å². The lowest BCUT2D eigenvalue weighted by Gasteiger charge is -2.53. The molecular formula is C27H33N3O10. The number of nitrogens with two attached hydrogens (primary N) is 1.